The molecule has 1 aliphatic carbocycles. The van der Waals surface area contributed by atoms with Gasteiger partial charge in [0.2, 0.25) is 0 Å². The highest BCUT2D eigenvalue weighted by atomic mass is 19.1. The first kappa shape index (κ1) is 9.59. The van der Waals surface area contributed by atoms with Gasteiger partial charge in [0.25, 0.3) is 0 Å². The van der Waals surface area contributed by atoms with Gasteiger partial charge in [-0.1, -0.05) is 0 Å². The lowest BCUT2D eigenvalue weighted by molar-refractivity contribution is 0.149. The van der Waals surface area contributed by atoms with Crippen molar-refractivity contribution >= 4 is 0 Å². The molecule has 2 rings (SSSR count). The van der Waals surface area contributed by atoms with Crippen molar-refractivity contribution in [3.05, 3.63) is 34.9 Å². The van der Waals surface area contributed by atoms with E-state index < -0.39 is 17.7 Å². The van der Waals surface area contributed by atoms with Gasteiger partial charge in [0, 0.05) is 5.56 Å². The van der Waals surface area contributed by atoms with Gasteiger partial charge in [0.05, 0.1) is 6.10 Å². The Kier molecular flexibility index (Phi) is 2.27. The molecule has 0 spiro atoms. The third kappa shape index (κ3) is 1.64. The zero-order chi connectivity index (χ0) is 10.3. The summed E-state index contributed by atoms with van der Waals surface area (Å²) in [5.74, 6) is -0.851. The van der Waals surface area contributed by atoms with Gasteiger partial charge >= 0.3 is 0 Å². The van der Waals surface area contributed by atoms with Gasteiger partial charge in [-0.2, -0.15) is 0 Å². The molecule has 1 aromatic rings. The molecule has 1 saturated carbocycles. The van der Waals surface area contributed by atoms with Crippen LogP contribution in [0.1, 0.15) is 30.1 Å². The van der Waals surface area contributed by atoms with Gasteiger partial charge in [-0.05, 0) is 43.4 Å². The lowest BCUT2D eigenvalue weighted by Gasteiger charge is -2.11. The van der Waals surface area contributed by atoms with Crippen LogP contribution in [0.4, 0.5) is 8.78 Å². The predicted octanol–water partition coefficient (Wildman–Crippen LogP) is 2.72. The highest BCUT2D eigenvalue weighted by molar-refractivity contribution is 5.27. The van der Waals surface area contributed by atoms with Crippen molar-refractivity contribution in [1.82, 2.24) is 0 Å². The largest absolute Gasteiger partial charge is 0.388 e. The summed E-state index contributed by atoms with van der Waals surface area (Å²) in [4.78, 5) is 0. The van der Waals surface area contributed by atoms with Crippen LogP contribution in [0.15, 0.2) is 12.1 Å². The Bertz CT molecular complexity index is 359. The van der Waals surface area contributed by atoms with Crippen LogP contribution in [0.3, 0.4) is 0 Å². The Morgan fingerprint density at radius 1 is 1.29 bits per heavy atom. The Labute approximate surface area is 81.4 Å². The van der Waals surface area contributed by atoms with Crippen LogP contribution >= 0.6 is 0 Å². The van der Waals surface area contributed by atoms with Crippen molar-refractivity contribution in [3.8, 4) is 0 Å². The van der Waals surface area contributed by atoms with Gasteiger partial charge < -0.3 is 5.11 Å². The minimum atomic E-state index is -0.843. The molecule has 0 aliphatic heterocycles. The van der Waals surface area contributed by atoms with E-state index in [4.69, 9.17) is 0 Å². The van der Waals surface area contributed by atoms with E-state index >= 15 is 0 Å². The monoisotopic (exact) mass is 198 g/mol. The number of aliphatic hydroxyl groups is 1. The van der Waals surface area contributed by atoms with Crippen molar-refractivity contribution in [2.75, 3.05) is 0 Å². The first-order valence-corrected chi connectivity index (χ1v) is 4.73. The molecule has 0 bridgehead atoms. The van der Waals surface area contributed by atoms with Crippen LogP contribution in [0.2, 0.25) is 0 Å². The van der Waals surface area contributed by atoms with Gasteiger partial charge in [0.1, 0.15) is 11.6 Å². The maximum atomic E-state index is 13.3. The third-order valence-corrected chi connectivity index (χ3v) is 2.67. The van der Waals surface area contributed by atoms with E-state index in [-0.39, 0.29) is 17.0 Å². The molecule has 0 amide bonds. The molecule has 1 aromatic carbocycles. The molecule has 1 nitrogen and oxygen atoms in total. The van der Waals surface area contributed by atoms with Crippen LogP contribution in [0, 0.1) is 24.5 Å². The van der Waals surface area contributed by atoms with Crippen molar-refractivity contribution in [2.24, 2.45) is 5.92 Å². The number of halogens is 2. The molecule has 0 aromatic heterocycles. The number of rotatable bonds is 2. The van der Waals surface area contributed by atoms with Gasteiger partial charge in [-0.25, -0.2) is 8.78 Å². The number of benzene rings is 1. The molecule has 76 valence electrons. The summed E-state index contributed by atoms with van der Waals surface area (Å²) < 4.78 is 26.5. The summed E-state index contributed by atoms with van der Waals surface area (Å²) in [5, 5.41) is 9.65. The Morgan fingerprint density at radius 3 is 2.50 bits per heavy atom. The Hall–Kier alpha value is -0.960. The van der Waals surface area contributed by atoms with E-state index in [1.165, 1.54) is 6.92 Å². The second-order valence-corrected chi connectivity index (χ2v) is 3.91. The van der Waals surface area contributed by atoms with Crippen LogP contribution in [-0.4, -0.2) is 5.11 Å². The van der Waals surface area contributed by atoms with E-state index in [1.54, 1.807) is 0 Å². The van der Waals surface area contributed by atoms with E-state index in [0.717, 1.165) is 25.0 Å². The van der Waals surface area contributed by atoms with Crippen molar-refractivity contribution < 1.29 is 13.9 Å². The van der Waals surface area contributed by atoms with Gasteiger partial charge in [0.15, 0.2) is 0 Å². The Morgan fingerprint density at radius 2 is 1.93 bits per heavy atom. The Balaban J connectivity index is 2.36. The van der Waals surface area contributed by atoms with Crippen LogP contribution < -0.4 is 0 Å². The summed E-state index contributed by atoms with van der Waals surface area (Å²) in [6.45, 7) is 1.51. The molecule has 0 radical (unpaired) electrons. The number of hydrogen-bond donors (Lipinski definition) is 1. The second-order valence-electron chi connectivity index (χ2n) is 3.91. The quantitative estimate of drug-likeness (QED) is 0.774. The van der Waals surface area contributed by atoms with Crippen molar-refractivity contribution in [2.45, 2.75) is 25.9 Å². The zero-order valence-electron chi connectivity index (χ0n) is 7.93. The SMILES string of the molecule is Cc1cc(F)c(C(O)C2CC2)cc1F. The standard InChI is InChI=1S/C11H12F2O/c1-6-4-10(13)8(5-9(6)12)11(14)7-2-3-7/h4-5,7,11,14H,2-3H2,1H3. The molecule has 1 unspecified atom stereocenters. The van der Waals surface area contributed by atoms with Gasteiger partial charge in [-0.15, -0.1) is 0 Å². The average molecular weight is 198 g/mol. The van der Waals surface area contributed by atoms with Gasteiger partial charge in [-0.3, -0.25) is 0 Å². The molecule has 1 N–H and O–H groups in total. The number of hydrogen-bond acceptors (Lipinski definition) is 1. The second kappa shape index (κ2) is 3.31. The van der Waals surface area contributed by atoms with Crippen molar-refractivity contribution in [3.63, 3.8) is 0 Å². The minimum absolute atomic E-state index is 0.0931. The molecule has 1 atom stereocenters. The highest BCUT2D eigenvalue weighted by Crippen LogP contribution is 2.41. The van der Waals surface area contributed by atoms with Crippen molar-refractivity contribution in [1.29, 1.82) is 0 Å². The first-order chi connectivity index (χ1) is 6.59. The predicted molar refractivity (Wildman–Crippen MR) is 48.8 cm³/mol. The molecule has 1 fully saturated rings. The molecule has 0 saturated heterocycles. The van der Waals surface area contributed by atoms with E-state index in [2.05, 4.69) is 0 Å². The van der Waals surface area contributed by atoms with E-state index in [0.29, 0.717) is 0 Å². The van der Waals surface area contributed by atoms with E-state index in [9.17, 15) is 13.9 Å². The topological polar surface area (TPSA) is 20.2 Å². The molecule has 3 heteroatoms. The fraction of sp³-hybridized carbons (Fsp3) is 0.455. The number of aryl methyl sites for hydroxylation is 1. The third-order valence-electron chi connectivity index (χ3n) is 2.67. The smallest absolute Gasteiger partial charge is 0.129 e. The molecule has 0 heterocycles. The molecule has 1 aliphatic rings. The maximum Gasteiger partial charge on any atom is 0.129 e. The van der Waals surface area contributed by atoms with Crippen LogP contribution in [-0.2, 0) is 0 Å². The molecule has 14 heavy (non-hydrogen) atoms. The maximum absolute atomic E-state index is 13.3. The van der Waals surface area contributed by atoms with Crippen LogP contribution in [0.5, 0.6) is 0 Å². The lowest BCUT2D eigenvalue weighted by Crippen LogP contribution is -2.04. The lowest BCUT2D eigenvalue weighted by atomic mass is 10.0. The summed E-state index contributed by atoms with van der Waals surface area (Å²) in [7, 11) is 0. The molecular weight excluding hydrogens is 186 g/mol. The summed E-state index contributed by atoms with van der Waals surface area (Å²) in [6.07, 6.45) is 0.955. The zero-order valence-corrected chi connectivity index (χ0v) is 7.93. The normalized spacial score (nSPS) is 18.3. The first-order valence-electron chi connectivity index (χ1n) is 4.73. The summed E-state index contributed by atoms with van der Waals surface area (Å²) >= 11 is 0. The fourth-order valence-electron chi connectivity index (χ4n) is 1.55. The highest BCUT2D eigenvalue weighted by Gasteiger charge is 2.32. The van der Waals surface area contributed by atoms with Crippen LogP contribution in [0.25, 0.3) is 0 Å². The minimum Gasteiger partial charge on any atom is -0.388 e. The fourth-order valence-corrected chi connectivity index (χ4v) is 1.55. The molecular formula is C11H12F2O. The average Bonchev–Trinajstić information content (AvgIpc) is 2.93. The summed E-state index contributed by atoms with van der Waals surface area (Å²) in [5.41, 5.74) is 0.366. The van der Waals surface area contributed by atoms with E-state index in [1.807, 2.05) is 0 Å². The number of aliphatic hydroxyl groups excluding tert-OH is 1. The summed E-state index contributed by atoms with van der Waals surface area (Å²) in [6, 6.07) is 2.24.